The monoisotopic (exact) mass is 403 g/mol. The Morgan fingerprint density at radius 2 is 1.66 bits per heavy atom. The summed E-state index contributed by atoms with van der Waals surface area (Å²) in [6.07, 6.45) is 0. The lowest BCUT2D eigenvalue weighted by Crippen LogP contribution is -2.50. The molecule has 0 saturated carbocycles. The first kappa shape index (κ1) is 17.3. The van der Waals surface area contributed by atoms with Gasteiger partial charge in [0.05, 0.1) is 11.4 Å². The number of thiazole rings is 1. The van der Waals surface area contributed by atoms with Gasteiger partial charge in [0.1, 0.15) is 0 Å². The van der Waals surface area contributed by atoms with E-state index in [4.69, 9.17) is 0 Å². The lowest BCUT2D eigenvalue weighted by molar-refractivity contribution is 0.460. The summed E-state index contributed by atoms with van der Waals surface area (Å²) in [6, 6.07) is 19.7. The Hall–Kier alpha value is -3.79. The van der Waals surface area contributed by atoms with E-state index in [1.807, 2.05) is 74.5 Å². The van der Waals surface area contributed by atoms with E-state index in [9.17, 15) is 0 Å². The lowest BCUT2D eigenvalue weighted by atomic mass is 10.2. The zero-order chi connectivity index (χ0) is 19.8. The Morgan fingerprint density at radius 3 is 2.34 bits per heavy atom. The molecule has 0 bridgehead atoms. The minimum absolute atomic E-state index is 0.461. The molecule has 1 aliphatic rings. The van der Waals surface area contributed by atoms with Crippen LogP contribution in [0.5, 0.6) is 0 Å². The van der Waals surface area contributed by atoms with Gasteiger partial charge in [-0.2, -0.15) is 5.12 Å². The number of rotatable bonds is 4. The van der Waals surface area contributed by atoms with Gasteiger partial charge in [-0.1, -0.05) is 48.5 Å². The summed E-state index contributed by atoms with van der Waals surface area (Å²) in [7, 11) is 0. The predicted molar refractivity (Wildman–Crippen MR) is 112 cm³/mol. The smallest absolute Gasteiger partial charge is 0.235 e. The topological polar surface area (TPSA) is 87.4 Å². The van der Waals surface area contributed by atoms with Crippen molar-refractivity contribution in [2.24, 2.45) is 5.10 Å². The summed E-state index contributed by atoms with van der Waals surface area (Å²) < 4.78 is 0. The number of hydrazine groups is 2. The molecule has 2 aromatic carbocycles. The van der Waals surface area contributed by atoms with E-state index in [1.165, 1.54) is 10.1 Å². The van der Waals surface area contributed by atoms with Crippen molar-refractivity contribution in [1.82, 2.24) is 30.7 Å². The van der Waals surface area contributed by atoms with E-state index in [0.29, 0.717) is 11.7 Å². The molecular formula is C19H17N9S. The number of nitrogens with zero attached hydrogens (tertiary/aromatic N) is 8. The number of hydrogen-bond acceptors (Lipinski definition) is 9. The normalized spacial score (nSPS) is 13.5. The van der Waals surface area contributed by atoms with E-state index in [0.717, 1.165) is 26.8 Å². The fourth-order valence-corrected chi connectivity index (χ4v) is 3.65. The second-order valence-corrected chi connectivity index (χ2v) is 7.59. The second kappa shape index (κ2) is 6.99. The molecule has 29 heavy (non-hydrogen) atoms. The molecular weight excluding hydrogens is 386 g/mol. The molecule has 0 fully saturated rings. The molecule has 9 nitrogen and oxygen atoms in total. The fraction of sp³-hybridized carbons (Fsp3) is 0.105. The zero-order valence-electron chi connectivity index (χ0n) is 15.8. The lowest BCUT2D eigenvalue weighted by Gasteiger charge is -2.25. The van der Waals surface area contributed by atoms with E-state index in [2.05, 4.69) is 30.9 Å². The number of hydrogen-bond donors (Lipinski definition) is 1. The minimum Gasteiger partial charge on any atom is -0.257 e. The van der Waals surface area contributed by atoms with Crippen LogP contribution in [-0.2, 0) is 0 Å². The first-order chi connectivity index (χ1) is 14.2. The number of benzene rings is 2. The van der Waals surface area contributed by atoms with E-state index in [-0.39, 0.29) is 0 Å². The molecule has 5 rings (SSSR count). The van der Waals surface area contributed by atoms with Crippen molar-refractivity contribution >= 4 is 22.9 Å². The SMILES string of the molecule is Cc1nc(-c2nnn(N3N=C(c4ccccc4)NN3c3ccccc3)n2)sc1C. The van der Waals surface area contributed by atoms with Gasteiger partial charge in [0.25, 0.3) is 0 Å². The third-order valence-electron chi connectivity index (χ3n) is 4.41. The van der Waals surface area contributed by atoms with Crippen LogP contribution in [0.1, 0.15) is 16.1 Å². The number of aromatic nitrogens is 5. The van der Waals surface area contributed by atoms with E-state index >= 15 is 0 Å². The number of amidine groups is 1. The maximum absolute atomic E-state index is 4.66. The van der Waals surface area contributed by atoms with Gasteiger partial charge < -0.3 is 0 Å². The molecule has 0 spiro atoms. The molecule has 1 aliphatic heterocycles. The first-order valence-corrected chi connectivity index (χ1v) is 9.81. The van der Waals surface area contributed by atoms with Gasteiger partial charge in [-0.25, -0.2) is 4.98 Å². The molecule has 144 valence electrons. The molecule has 1 N–H and O–H groups in total. The Kier molecular flexibility index (Phi) is 4.17. The number of para-hydroxylation sites is 1. The van der Waals surface area contributed by atoms with Crippen LogP contribution in [0.15, 0.2) is 65.8 Å². The van der Waals surface area contributed by atoms with Crippen LogP contribution in [0.25, 0.3) is 10.8 Å². The average Bonchev–Trinajstić information content (AvgIpc) is 3.48. The maximum atomic E-state index is 4.66. The summed E-state index contributed by atoms with van der Waals surface area (Å²) in [5, 5.41) is 21.6. The number of aryl methyl sites for hydroxylation is 2. The predicted octanol–water partition coefficient (Wildman–Crippen LogP) is 2.65. The molecule has 2 aromatic heterocycles. The standard InChI is InChI=1S/C19H17N9S/c1-13-14(2)29-19(20-13)18-21-25-27(23-18)28-24-17(15-9-5-3-6-10-15)22-26(28)16-11-7-4-8-12-16/h3-12H,1-2H3,(H,22,24). The highest BCUT2D eigenvalue weighted by atomic mass is 32.1. The minimum atomic E-state index is 0.461. The maximum Gasteiger partial charge on any atom is 0.235 e. The van der Waals surface area contributed by atoms with Crippen molar-refractivity contribution < 1.29 is 0 Å². The van der Waals surface area contributed by atoms with Crippen LogP contribution in [0.2, 0.25) is 0 Å². The summed E-state index contributed by atoms with van der Waals surface area (Å²) >= 11 is 1.54. The second-order valence-electron chi connectivity index (χ2n) is 6.38. The summed E-state index contributed by atoms with van der Waals surface area (Å²) in [5.74, 6) is 1.14. The molecule has 3 heterocycles. The highest BCUT2D eigenvalue weighted by Gasteiger charge is 2.28. The van der Waals surface area contributed by atoms with Crippen LogP contribution in [-0.4, -0.2) is 31.1 Å². The molecule has 0 aliphatic carbocycles. The quantitative estimate of drug-likeness (QED) is 0.560. The van der Waals surface area contributed by atoms with Gasteiger partial charge in [-0.15, -0.1) is 26.6 Å². The van der Waals surface area contributed by atoms with Crippen LogP contribution in [0, 0.1) is 13.8 Å². The highest BCUT2D eigenvalue weighted by molar-refractivity contribution is 7.15. The highest BCUT2D eigenvalue weighted by Crippen LogP contribution is 2.24. The van der Waals surface area contributed by atoms with Crippen molar-refractivity contribution in [2.45, 2.75) is 13.8 Å². The van der Waals surface area contributed by atoms with Gasteiger partial charge in [-0.3, -0.25) is 5.43 Å². The van der Waals surface area contributed by atoms with Gasteiger partial charge >= 0.3 is 0 Å². The Labute approximate surface area is 170 Å². The van der Waals surface area contributed by atoms with E-state index < -0.39 is 0 Å². The number of tetrazole rings is 1. The van der Waals surface area contributed by atoms with Crippen molar-refractivity contribution in [1.29, 1.82) is 0 Å². The Morgan fingerprint density at radius 1 is 0.931 bits per heavy atom. The number of hydrazone groups is 1. The van der Waals surface area contributed by atoms with Crippen LogP contribution in [0.3, 0.4) is 0 Å². The van der Waals surface area contributed by atoms with Crippen LogP contribution in [0.4, 0.5) is 5.69 Å². The van der Waals surface area contributed by atoms with Crippen LogP contribution < -0.4 is 15.8 Å². The number of nitrogens with one attached hydrogen (secondary N) is 1. The van der Waals surface area contributed by atoms with Gasteiger partial charge in [0, 0.05) is 10.4 Å². The fourth-order valence-electron chi connectivity index (χ4n) is 2.81. The average molecular weight is 403 g/mol. The van der Waals surface area contributed by atoms with E-state index in [1.54, 1.807) is 16.5 Å². The number of anilines is 1. The first-order valence-electron chi connectivity index (χ1n) is 8.99. The summed E-state index contributed by atoms with van der Waals surface area (Å²) in [5.41, 5.74) is 6.10. The van der Waals surface area contributed by atoms with Crippen LogP contribution >= 0.6 is 11.3 Å². The van der Waals surface area contributed by atoms with Gasteiger partial charge in [0.15, 0.2) is 10.8 Å². The third-order valence-corrected chi connectivity index (χ3v) is 5.48. The molecule has 0 radical (unpaired) electrons. The molecule has 10 heteroatoms. The summed E-state index contributed by atoms with van der Waals surface area (Å²) in [4.78, 5) is 7.00. The van der Waals surface area contributed by atoms with Crippen molar-refractivity contribution in [3.63, 3.8) is 0 Å². The zero-order valence-corrected chi connectivity index (χ0v) is 16.6. The summed E-state index contributed by atoms with van der Waals surface area (Å²) in [6.45, 7) is 4.00. The van der Waals surface area contributed by atoms with Crippen molar-refractivity contribution in [2.75, 3.05) is 10.3 Å². The van der Waals surface area contributed by atoms with Crippen molar-refractivity contribution in [3.8, 4) is 10.8 Å². The molecule has 4 aromatic rings. The Balaban J connectivity index is 1.53. The molecule has 0 amide bonds. The third kappa shape index (κ3) is 3.19. The Bertz CT molecular complexity index is 1150. The molecule has 0 unspecified atom stereocenters. The van der Waals surface area contributed by atoms with Crippen molar-refractivity contribution in [3.05, 3.63) is 76.8 Å². The largest absolute Gasteiger partial charge is 0.257 e. The molecule has 0 saturated heterocycles. The van der Waals surface area contributed by atoms with Gasteiger partial charge in [0.2, 0.25) is 5.82 Å². The molecule has 0 atom stereocenters. The van der Waals surface area contributed by atoms with Gasteiger partial charge in [-0.05, 0) is 41.3 Å².